The summed E-state index contributed by atoms with van der Waals surface area (Å²) < 4.78 is 89.6. The molecular formula is C33H63N3O12S3. The fourth-order valence-electron chi connectivity index (χ4n) is 8.01. The van der Waals surface area contributed by atoms with Crippen LogP contribution in [0.15, 0.2) is 0 Å². The Labute approximate surface area is 306 Å². The third-order valence-corrected chi connectivity index (χ3v) is 13.6. The Bertz CT molecular complexity index is 1390. The molecular weight excluding hydrogens is 727 g/mol. The number of amides is 1. The van der Waals surface area contributed by atoms with Gasteiger partial charge in [0, 0.05) is 12.1 Å². The lowest BCUT2D eigenvalue weighted by Crippen LogP contribution is -2.58. The quantitative estimate of drug-likeness (QED) is 0.320. The van der Waals surface area contributed by atoms with E-state index in [0.717, 1.165) is 68.0 Å². The summed E-state index contributed by atoms with van der Waals surface area (Å²) in [5.74, 6) is 1.51. The number of nitrogens with zero attached hydrogens (tertiary/aromatic N) is 1. The largest absolute Gasteiger partial charge is 0.443 e. The lowest BCUT2D eigenvalue weighted by atomic mass is 9.94. The second kappa shape index (κ2) is 19.5. The third kappa shape index (κ3) is 15.3. The molecule has 2 spiro atoms. The van der Waals surface area contributed by atoms with Gasteiger partial charge in [-0.15, -0.1) is 0 Å². The van der Waals surface area contributed by atoms with E-state index in [2.05, 4.69) is 18.2 Å². The van der Waals surface area contributed by atoms with Gasteiger partial charge < -0.3 is 9.84 Å². The summed E-state index contributed by atoms with van der Waals surface area (Å²) in [6, 6.07) is 0. The highest BCUT2D eigenvalue weighted by Crippen LogP contribution is 2.43. The van der Waals surface area contributed by atoms with Crippen LogP contribution in [0.4, 0.5) is 4.79 Å². The molecule has 4 saturated carbocycles. The first-order valence-corrected chi connectivity index (χ1v) is 22.9. The molecule has 0 bridgehead atoms. The van der Waals surface area contributed by atoms with E-state index in [1.807, 2.05) is 0 Å². The first-order chi connectivity index (χ1) is 23.8. The van der Waals surface area contributed by atoms with Crippen molar-refractivity contribution in [1.29, 1.82) is 0 Å². The molecule has 18 heteroatoms. The van der Waals surface area contributed by atoms with E-state index in [1.165, 1.54) is 51.4 Å². The predicted octanol–water partition coefficient (Wildman–Crippen LogP) is 5.10. The molecule has 6 rings (SSSR count). The molecule has 4 aliphatic carbocycles. The molecule has 15 nitrogen and oxygen atoms in total. The number of aliphatic hydroxyl groups excluding tert-OH is 1. The maximum Gasteiger partial charge on any atom is 0.426 e. The minimum absolute atomic E-state index is 0.141. The highest BCUT2D eigenvalue weighted by atomic mass is 32.2. The van der Waals surface area contributed by atoms with E-state index < -0.39 is 48.1 Å². The molecule has 0 radical (unpaired) electrons. The van der Waals surface area contributed by atoms with Gasteiger partial charge in [0.15, 0.2) is 0 Å². The molecule has 0 atom stereocenters. The molecule has 0 aromatic heterocycles. The van der Waals surface area contributed by atoms with E-state index in [1.54, 1.807) is 20.8 Å². The third-order valence-electron chi connectivity index (χ3n) is 10.5. The second-order valence-electron chi connectivity index (χ2n) is 15.7. The summed E-state index contributed by atoms with van der Waals surface area (Å²) in [6.45, 7) is 6.25. The van der Waals surface area contributed by atoms with Gasteiger partial charge in [0.1, 0.15) is 5.60 Å². The van der Waals surface area contributed by atoms with Crippen LogP contribution < -0.4 is 9.86 Å². The lowest BCUT2D eigenvalue weighted by molar-refractivity contribution is 0.00798. The smallest absolute Gasteiger partial charge is 0.426 e. The van der Waals surface area contributed by atoms with Gasteiger partial charge in [0.25, 0.3) is 0 Å². The molecule has 0 aromatic carbocycles. The Morgan fingerprint density at radius 3 is 1.82 bits per heavy atom. The van der Waals surface area contributed by atoms with Crippen LogP contribution in [0.2, 0.25) is 0 Å². The zero-order chi connectivity index (χ0) is 37.8. The van der Waals surface area contributed by atoms with E-state index in [9.17, 15) is 30.0 Å². The highest BCUT2D eigenvalue weighted by molar-refractivity contribution is 7.85. The SMILES string of the molecule is CC(C)(C)OC(=O)N1C2(CCCC2)CCOS1(=O)=O.NS(=O)(=O)OCCC1CCCC1.O=S1(=O)NC2(CCCC2)CCO1.OCCC1CCCC1. The fraction of sp³-hybridized carbons (Fsp3) is 0.970. The molecule has 6 aliphatic rings. The molecule has 1 amide bonds. The van der Waals surface area contributed by atoms with Crippen molar-refractivity contribution in [1.82, 2.24) is 9.03 Å². The van der Waals surface area contributed by atoms with Gasteiger partial charge in [0.05, 0.1) is 25.4 Å². The number of carbonyl (C=O) groups is 1. The number of aliphatic hydroxyl groups is 1. The number of hydrogen-bond acceptors (Lipinski definition) is 12. The van der Waals surface area contributed by atoms with Crippen molar-refractivity contribution in [2.45, 2.75) is 166 Å². The van der Waals surface area contributed by atoms with Gasteiger partial charge in [-0.25, -0.2) is 9.93 Å². The number of nitrogens with two attached hydrogens (primary N) is 1. The predicted molar refractivity (Wildman–Crippen MR) is 192 cm³/mol. The number of carbonyl (C=O) groups excluding carboxylic acids is 1. The van der Waals surface area contributed by atoms with Gasteiger partial charge in [-0.3, -0.25) is 12.5 Å². The Morgan fingerprint density at radius 2 is 1.33 bits per heavy atom. The number of rotatable bonds is 6. The molecule has 4 N–H and O–H groups in total. The van der Waals surface area contributed by atoms with Gasteiger partial charge in [-0.2, -0.15) is 34.3 Å². The zero-order valence-electron chi connectivity index (χ0n) is 30.8. The van der Waals surface area contributed by atoms with Crippen molar-refractivity contribution in [3.63, 3.8) is 0 Å². The van der Waals surface area contributed by atoms with Crippen LogP contribution in [0, 0.1) is 11.8 Å². The Kier molecular flexibility index (Phi) is 16.9. The van der Waals surface area contributed by atoms with Crippen LogP contribution in [0.3, 0.4) is 0 Å². The Hall–Kier alpha value is -1.12. The van der Waals surface area contributed by atoms with E-state index in [-0.39, 0.29) is 18.8 Å². The monoisotopic (exact) mass is 789 g/mol. The summed E-state index contributed by atoms with van der Waals surface area (Å²) in [5, 5.41) is 13.2. The average Bonchev–Trinajstić information content (AvgIpc) is 3.82. The number of nitrogens with one attached hydrogen (secondary N) is 1. The van der Waals surface area contributed by atoms with E-state index in [0.29, 0.717) is 38.4 Å². The maximum absolute atomic E-state index is 12.2. The van der Waals surface area contributed by atoms with Crippen LogP contribution >= 0.6 is 0 Å². The normalized spacial score (nSPS) is 25.3. The van der Waals surface area contributed by atoms with Crippen LogP contribution in [0.25, 0.3) is 0 Å². The minimum Gasteiger partial charge on any atom is -0.443 e. The van der Waals surface area contributed by atoms with E-state index >= 15 is 0 Å². The fourth-order valence-corrected chi connectivity index (χ4v) is 10.9. The van der Waals surface area contributed by atoms with Gasteiger partial charge in [-0.05, 0) is 84.0 Å². The van der Waals surface area contributed by atoms with Gasteiger partial charge in [0.2, 0.25) is 0 Å². The summed E-state index contributed by atoms with van der Waals surface area (Å²) in [4.78, 5) is 12.2. The first-order valence-electron chi connectivity index (χ1n) is 18.7. The Morgan fingerprint density at radius 1 is 0.824 bits per heavy atom. The van der Waals surface area contributed by atoms with Crippen LogP contribution in [0.5, 0.6) is 0 Å². The van der Waals surface area contributed by atoms with Crippen molar-refractivity contribution in [2.24, 2.45) is 17.0 Å². The zero-order valence-corrected chi connectivity index (χ0v) is 33.3. The van der Waals surface area contributed by atoms with Crippen molar-refractivity contribution >= 4 is 37.0 Å². The molecule has 6 fully saturated rings. The summed E-state index contributed by atoms with van der Waals surface area (Å²) in [5.41, 5.74) is -1.53. The topological polar surface area (TPSA) is 218 Å². The molecule has 300 valence electrons. The second-order valence-corrected chi connectivity index (χ2v) is 19.8. The van der Waals surface area contributed by atoms with Crippen molar-refractivity contribution in [3.8, 4) is 0 Å². The molecule has 2 heterocycles. The summed E-state index contributed by atoms with van der Waals surface area (Å²) >= 11 is 0. The molecule has 2 saturated heterocycles. The highest BCUT2D eigenvalue weighted by Gasteiger charge is 2.53. The standard InChI is InChI=1S/C12H21NO5S.C7H13NO3S.C7H15NO3S.C7H14O/c1-11(2,3)18-10(14)13-12(6-4-5-7-12)8-9-17-19(13,15)16;9-12(10)8-7(5-6-11-12)3-1-2-4-7;8-12(9,10)11-6-5-7-3-1-2-4-7;8-6-5-7-3-1-2-4-7/h4-9H2,1-3H3;8H,1-6H2;7H,1-6H2,(H2,8,9,10);7-8H,1-6H2. The van der Waals surface area contributed by atoms with Crippen LogP contribution in [0.1, 0.15) is 149 Å². The molecule has 51 heavy (non-hydrogen) atoms. The van der Waals surface area contributed by atoms with Crippen molar-refractivity contribution < 1.29 is 52.4 Å². The lowest BCUT2D eigenvalue weighted by Gasteiger charge is -2.42. The molecule has 2 aliphatic heterocycles. The Balaban J connectivity index is 0.000000192. The summed E-state index contributed by atoms with van der Waals surface area (Å²) in [7, 11) is -11.2. The van der Waals surface area contributed by atoms with Crippen molar-refractivity contribution in [2.75, 3.05) is 26.4 Å². The van der Waals surface area contributed by atoms with Crippen LogP contribution in [-0.4, -0.2) is 83.9 Å². The minimum atomic E-state index is -4.03. The van der Waals surface area contributed by atoms with Crippen molar-refractivity contribution in [3.05, 3.63) is 0 Å². The molecule has 0 unspecified atom stereocenters. The van der Waals surface area contributed by atoms with Gasteiger partial charge >= 0.3 is 37.0 Å². The molecule has 0 aromatic rings. The number of hydrogen-bond donors (Lipinski definition) is 3. The first kappa shape index (κ1) is 44.3. The number of ether oxygens (including phenoxy) is 1. The van der Waals surface area contributed by atoms with E-state index in [4.69, 9.17) is 14.0 Å². The van der Waals surface area contributed by atoms with Gasteiger partial charge in [-0.1, -0.05) is 77.0 Å². The average molecular weight is 790 g/mol. The van der Waals surface area contributed by atoms with Crippen LogP contribution in [-0.2, 0) is 48.2 Å². The summed E-state index contributed by atoms with van der Waals surface area (Å²) in [6.07, 6.45) is 20.3. The maximum atomic E-state index is 12.2.